The van der Waals surface area contributed by atoms with Crippen LogP contribution in [0, 0.1) is 0 Å². The van der Waals surface area contributed by atoms with Gasteiger partial charge in [-0.3, -0.25) is 4.79 Å². The molecule has 0 aromatic heterocycles. The van der Waals surface area contributed by atoms with Gasteiger partial charge in [-0.25, -0.2) is 0 Å². The molecular formula is C14H33N3O. The third-order valence-electron chi connectivity index (χ3n) is 2.54. The Bertz CT molecular complexity index is 187. The van der Waals surface area contributed by atoms with Crippen LogP contribution >= 0.6 is 0 Å². The molecule has 1 N–H and O–H groups in total. The highest BCUT2D eigenvalue weighted by molar-refractivity contribution is 5.73. The minimum atomic E-state index is 0.0370. The van der Waals surface area contributed by atoms with Gasteiger partial charge in [0.2, 0.25) is 5.91 Å². The lowest BCUT2D eigenvalue weighted by Crippen LogP contribution is -2.44. The maximum atomic E-state index is 10.1. The van der Waals surface area contributed by atoms with E-state index in [0.717, 1.165) is 0 Å². The van der Waals surface area contributed by atoms with Crippen LogP contribution in [0.2, 0.25) is 0 Å². The summed E-state index contributed by atoms with van der Waals surface area (Å²) in [5.74, 6) is 0.0370. The van der Waals surface area contributed by atoms with E-state index in [9.17, 15) is 4.79 Å². The molecule has 0 radical (unpaired) electrons. The van der Waals surface area contributed by atoms with E-state index in [-0.39, 0.29) is 11.9 Å². The van der Waals surface area contributed by atoms with E-state index in [1.807, 2.05) is 27.7 Å². The zero-order chi connectivity index (χ0) is 14.6. The maximum Gasteiger partial charge on any atom is 0.217 e. The van der Waals surface area contributed by atoms with E-state index in [1.165, 1.54) is 39.6 Å². The SMILES string of the molecule is CC.CC(=O)NC(C)C.CCN1CCN(C)CC1. The average Bonchev–Trinajstić information content (AvgIpc) is 2.32. The van der Waals surface area contributed by atoms with Crippen LogP contribution in [0.25, 0.3) is 0 Å². The molecule has 0 aromatic rings. The summed E-state index contributed by atoms with van der Waals surface area (Å²) in [5, 5.41) is 2.67. The number of carbonyl (C=O) groups is 1. The molecule has 1 rings (SSSR count). The predicted molar refractivity (Wildman–Crippen MR) is 79.9 cm³/mol. The normalized spacial score (nSPS) is 16.2. The van der Waals surface area contributed by atoms with Gasteiger partial charge >= 0.3 is 0 Å². The second-order valence-corrected chi connectivity index (χ2v) is 4.59. The second-order valence-electron chi connectivity index (χ2n) is 4.59. The summed E-state index contributed by atoms with van der Waals surface area (Å²) in [6, 6.07) is 0.275. The molecule has 0 saturated carbocycles. The summed E-state index contributed by atoms with van der Waals surface area (Å²) in [5.41, 5.74) is 0. The number of hydrogen-bond acceptors (Lipinski definition) is 3. The topological polar surface area (TPSA) is 35.6 Å². The molecule has 18 heavy (non-hydrogen) atoms. The van der Waals surface area contributed by atoms with Crippen molar-refractivity contribution in [3.05, 3.63) is 0 Å². The lowest BCUT2D eigenvalue weighted by molar-refractivity contribution is -0.119. The number of piperazine rings is 1. The van der Waals surface area contributed by atoms with E-state index in [4.69, 9.17) is 0 Å². The number of likely N-dealkylation sites (N-methyl/N-ethyl adjacent to an activating group) is 2. The molecule has 4 nitrogen and oxygen atoms in total. The van der Waals surface area contributed by atoms with E-state index in [2.05, 4.69) is 29.1 Å². The zero-order valence-corrected chi connectivity index (χ0v) is 13.4. The van der Waals surface area contributed by atoms with E-state index in [1.54, 1.807) is 0 Å². The number of nitrogens with one attached hydrogen (secondary N) is 1. The molecule has 0 unspecified atom stereocenters. The molecule has 0 aliphatic carbocycles. The fourth-order valence-corrected chi connectivity index (χ4v) is 1.57. The molecule has 0 aromatic carbocycles. The summed E-state index contributed by atoms with van der Waals surface area (Å²) >= 11 is 0. The lowest BCUT2D eigenvalue weighted by atomic mass is 10.3. The Labute approximate surface area is 114 Å². The number of carbonyl (C=O) groups excluding carboxylic acids is 1. The molecule has 1 saturated heterocycles. The molecule has 1 aliphatic heterocycles. The summed E-state index contributed by atoms with van der Waals surface area (Å²) in [6.07, 6.45) is 0. The first-order chi connectivity index (χ1) is 8.45. The molecule has 0 atom stereocenters. The maximum absolute atomic E-state index is 10.1. The largest absolute Gasteiger partial charge is 0.354 e. The molecule has 4 heteroatoms. The first-order valence-corrected chi connectivity index (χ1v) is 7.13. The van der Waals surface area contributed by atoms with Crippen molar-refractivity contribution in [1.29, 1.82) is 0 Å². The molecule has 1 heterocycles. The van der Waals surface area contributed by atoms with Crippen LogP contribution in [-0.4, -0.2) is 61.5 Å². The zero-order valence-electron chi connectivity index (χ0n) is 13.4. The van der Waals surface area contributed by atoms with Crippen LogP contribution in [0.3, 0.4) is 0 Å². The summed E-state index contributed by atoms with van der Waals surface area (Å²) < 4.78 is 0. The first kappa shape index (κ1) is 19.7. The van der Waals surface area contributed by atoms with Gasteiger partial charge in [0.25, 0.3) is 0 Å². The third kappa shape index (κ3) is 13.5. The Morgan fingerprint density at radius 1 is 1.17 bits per heavy atom. The van der Waals surface area contributed by atoms with Gasteiger partial charge in [-0.1, -0.05) is 20.8 Å². The van der Waals surface area contributed by atoms with Crippen LogP contribution in [0.15, 0.2) is 0 Å². The van der Waals surface area contributed by atoms with Crippen molar-refractivity contribution >= 4 is 5.91 Å². The molecular weight excluding hydrogens is 226 g/mol. The fraction of sp³-hybridized carbons (Fsp3) is 0.929. The predicted octanol–water partition coefficient (Wildman–Crippen LogP) is 1.81. The van der Waals surface area contributed by atoms with Crippen LogP contribution in [0.1, 0.15) is 41.5 Å². The average molecular weight is 259 g/mol. The van der Waals surface area contributed by atoms with Gasteiger partial charge in [0.05, 0.1) is 0 Å². The van der Waals surface area contributed by atoms with Crippen molar-refractivity contribution < 1.29 is 4.79 Å². The molecule has 1 aliphatic rings. The number of rotatable bonds is 2. The highest BCUT2D eigenvalue weighted by atomic mass is 16.1. The van der Waals surface area contributed by atoms with Gasteiger partial charge in [0, 0.05) is 39.1 Å². The lowest BCUT2D eigenvalue weighted by Gasteiger charge is -2.31. The summed E-state index contributed by atoms with van der Waals surface area (Å²) in [4.78, 5) is 15.0. The van der Waals surface area contributed by atoms with Crippen LogP contribution < -0.4 is 5.32 Å². The van der Waals surface area contributed by atoms with Gasteiger partial charge < -0.3 is 15.1 Å². The quantitative estimate of drug-likeness (QED) is 0.821. The number of amides is 1. The second kappa shape index (κ2) is 12.8. The van der Waals surface area contributed by atoms with E-state index >= 15 is 0 Å². The Hall–Kier alpha value is -0.610. The molecule has 110 valence electrons. The third-order valence-corrected chi connectivity index (χ3v) is 2.54. The Morgan fingerprint density at radius 2 is 1.61 bits per heavy atom. The standard InChI is InChI=1S/C7H16N2.C5H11NO.C2H6/c1-3-9-6-4-8(2)5-7-9;1-4(2)6-5(3)7;1-2/h3-7H2,1-2H3;4H,1-3H3,(H,6,7);1-2H3. The van der Waals surface area contributed by atoms with Gasteiger partial charge in [-0.2, -0.15) is 0 Å². The van der Waals surface area contributed by atoms with Gasteiger partial charge in [0.15, 0.2) is 0 Å². The molecule has 1 amide bonds. The number of nitrogens with zero attached hydrogens (tertiary/aromatic N) is 2. The minimum Gasteiger partial charge on any atom is -0.354 e. The highest BCUT2D eigenvalue weighted by Crippen LogP contribution is 1.96. The summed E-state index contributed by atoms with van der Waals surface area (Å²) in [6.45, 7) is 17.8. The van der Waals surface area contributed by atoms with Crippen molar-refractivity contribution in [3.63, 3.8) is 0 Å². The number of hydrogen-bond donors (Lipinski definition) is 1. The molecule has 1 fully saturated rings. The highest BCUT2D eigenvalue weighted by Gasteiger charge is 2.10. The van der Waals surface area contributed by atoms with Crippen molar-refractivity contribution in [2.75, 3.05) is 39.8 Å². The minimum absolute atomic E-state index is 0.0370. The van der Waals surface area contributed by atoms with Crippen molar-refractivity contribution in [2.45, 2.75) is 47.6 Å². The molecule has 0 spiro atoms. The van der Waals surface area contributed by atoms with Gasteiger partial charge in [0.1, 0.15) is 0 Å². The first-order valence-electron chi connectivity index (χ1n) is 7.13. The van der Waals surface area contributed by atoms with Crippen LogP contribution in [0.5, 0.6) is 0 Å². The van der Waals surface area contributed by atoms with E-state index < -0.39 is 0 Å². The van der Waals surface area contributed by atoms with Gasteiger partial charge in [-0.15, -0.1) is 0 Å². The van der Waals surface area contributed by atoms with Crippen molar-refractivity contribution in [1.82, 2.24) is 15.1 Å². The monoisotopic (exact) mass is 259 g/mol. The summed E-state index contributed by atoms with van der Waals surface area (Å²) in [7, 11) is 2.19. The Kier molecular flexibility index (Phi) is 14.1. The van der Waals surface area contributed by atoms with Crippen LogP contribution in [0.4, 0.5) is 0 Å². The van der Waals surface area contributed by atoms with E-state index in [0.29, 0.717) is 0 Å². The molecule has 0 bridgehead atoms. The smallest absolute Gasteiger partial charge is 0.217 e. The Balaban J connectivity index is 0. The van der Waals surface area contributed by atoms with Crippen LogP contribution in [-0.2, 0) is 4.79 Å². The Morgan fingerprint density at radius 3 is 1.83 bits per heavy atom. The van der Waals surface area contributed by atoms with Crippen molar-refractivity contribution in [2.24, 2.45) is 0 Å². The van der Waals surface area contributed by atoms with Crippen molar-refractivity contribution in [3.8, 4) is 0 Å². The van der Waals surface area contributed by atoms with Gasteiger partial charge in [-0.05, 0) is 27.4 Å². The fourth-order valence-electron chi connectivity index (χ4n) is 1.57.